The van der Waals surface area contributed by atoms with E-state index < -0.39 is 10.4 Å². The minimum Gasteiger partial charge on any atom is -0.455 e. The Morgan fingerprint density at radius 1 is 1.47 bits per heavy atom. The van der Waals surface area contributed by atoms with Gasteiger partial charge in [0.1, 0.15) is 17.9 Å². The fourth-order valence-corrected chi connectivity index (χ4v) is 1.58. The molecule has 1 heterocycles. The zero-order valence-corrected chi connectivity index (χ0v) is 8.76. The molecule has 0 bridgehead atoms. The number of nitrogens with zero attached hydrogens (tertiary/aromatic N) is 2. The van der Waals surface area contributed by atoms with Gasteiger partial charge >= 0.3 is 5.69 Å². The summed E-state index contributed by atoms with van der Waals surface area (Å²) in [7, 11) is 0. The smallest absolute Gasteiger partial charge is 0.312 e. The van der Waals surface area contributed by atoms with Crippen LogP contribution in [0.3, 0.4) is 0 Å². The van der Waals surface area contributed by atoms with E-state index in [4.69, 9.17) is 9.68 Å². The average molecular weight is 230 g/mol. The fourth-order valence-electron chi connectivity index (χ4n) is 1.58. The van der Waals surface area contributed by atoms with Gasteiger partial charge in [-0.3, -0.25) is 14.9 Å². The van der Waals surface area contributed by atoms with E-state index >= 15 is 0 Å². The van der Waals surface area contributed by atoms with E-state index in [9.17, 15) is 14.9 Å². The van der Waals surface area contributed by atoms with Gasteiger partial charge in [0.25, 0.3) is 0 Å². The second-order valence-electron chi connectivity index (χ2n) is 3.51. The highest BCUT2D eigenvalue weighted by molar-refractivity contribution is 5.86. The number of aryl methyl sites for hydroxylation is 1. The quantitative estimate of drug-likeness (QED) is 0.550. The molecule has 0 atom stereocenters. The largest absolute Gasteiger partial charge is 0.455 e. The lowest BCUT2D eigenvalue weighted by atomic mass is 10.1. The van der Waals surface area contributed by atoms with Crippen molar-refractivity contribution in [2.45, 2.75) is 6.92 Å². The molecular weight excluding hydrogens is 224 g/mol. The lowest BCUT2D eigenvalue weighted by molar-refractivity contribution is -0.383. The van der Waals surface area contributed by atoms with Crippen molar-refractivity contribution in [2.75, 3.05) is 0 Å². The molecule has 6 nitrogen and oxygen atoms in total. The third-order valence-electron chi connectivity index (χ3n) is 2.31. The molecule has 0 aliphatic rings. The van der Waals surface area contributed by atoms with Gasteiger partial charge in [0.05, 0.1) is 10.3 Å². The van der Waals surface area contributed by atoms with E-state index in [-0.39, 0.29) is 22.2 Å². The van der Waals surface area contributed by atoms with Gasteiger partial charge in [-0.25, -0.2) is 0 Å². The number of benzene rings is 1. The SMILES string of the molecule is Cc1cc([N+](=O)[O-])c2occ(C#N)c(=O)c2c1. The van der Waals surface area contributed by atoms with Crippen molar-refractivity contribution >= 4 is 16.7 Å². The van der Waals surface area contributed by atoms with Crippen LogP contribution in [-0.4, -0.2) is 4.92 Å². The molecule has 2 rings (SSSR count). The average Bonchev–Trinajstić information content (AvgIpc) is 2.29. The zero-order valence-electron chi connectivity index (χ0n) is 8.76. The Labute approximate surface area is 94.9 Å². The molecule has 6 heteroatoms. The van der Waals surface area contributed by atoms with E-state index in [1.165, 1.54) is 12.1 Å². The van der Waals surface area contributed by atoms with Gasteiger partial charge in [0.15, 0.2) is 0 Å². The molecule has 0 radical (unpaired) electrons. The number of non-ortho nitro benzene ring substituents is 1. The van der Waals surface area contributed by atoms with Crippen LogP contribution in [0.1, 0.15) is 11.1 Å². The van der Waals surface area contributed by atoms with E-state index in [1.807, 2.05) is 0 Å². The van der Waals surface area contributed by atoms with E-state index in [2.05, 4.69) is 0 Å². The lowest BCUT2D eigenvalue weighted by Gasteiger charge is -2.00. The maximum absolute atomic E-state index is 11.8. The summed E-state index contributed by atoms with van der Waals surface area (Å²) in [5, 5.41) is 19.5. The topological polar surface area (TPSA) is 97.1 Å². The molecule has 1 aromatic heterocycles. The Morgan fingerprint density at radius 2 is 2.18 bits per heavy atom. The second kappa shape index (κ2) is 3.72. The Bertz CT molecular complexity index is 725. The van der Waals surface area contributed by atoms with Crippen LogP contribution in [0.4, 0.5) is 5.69 Å². The van der Waals surface area contributed by atoms with Crippen molar-refractivity contribution in [2.24, 2.45) is 0 Å². The van der Waals surface area contributed by atoms with Crippen molar-refractivity contribution in [3.05, 3.63) is 49.9 Å². The van der Waals surface area contributed by atoms with Gasteiger partial charge < -0.3 is 4.42 Å². The summed E-state index contributed by atoms with van der Waals surface area (Å²) >= 11 is 0. The Morgan fingerprint density at radius 3 is 2.76 bits per heavy atom. The number of nitro groups is 1. The fraction of sp³-hybridized carbons (Fsp3) is 0.0909. The molecule has 84 valence electrons. The number of hydrogen-bond donors (Lipinski definition) is 0. The molecule has 0 amide bonds. The Balaban J connectivity index is 3.00. The van der Waals surface area contributed by atoms with Crippen molar-refractivity contribution < 1.29 is 9.34 Å². The molecule has 0 aliphatic carbocycles. The van der Waals surface area contributed by atoms with Crippen LogP contribution in [0.5, 0.6) is 0 Å². The third-order valence-corrected chi connectivity index (χ3v) is 2.31. The van der Waals surface area contributed by atoms with Gasteiger partial charge in [-0.2, -0.15) is 5.26 Å². The standard InChI is InChI=1S/C11H6N2O4/c1-6-2-8-10(14)7(4-12)5-17-11(8)9(3-6)13(15)16/h2-3,5H,1H3. The van der Waals surface area contributed by atoms with Gasteiger partial charge in [0.2, 0.25) is 11.0 Å². The van der Waals surface area contributed by atoms with Crippen LogP contribution in [0.15, 0.2) is 27.6 Å². The van der Waals surface area contributed by atoms with Crippen molar-refractivity contribution in [1.82, 2.24) is 0 Å². The minimum atomic E-state index is -0.621. The highest BCUT2D eigenvalue weighted by Crippen LogP contribution is 2.25. The molecule has 0 fully saturated rings. The highest BCUT2D eigenvalue weighted by atomic mass is 16.6. The second-order valence-corrected chi connectivity index (χ2v) is 3.51. The van der Waals surface area contributed by atoms with Crippen molar-refractivity contribution in [3.8, 4) is 6.07 Å². The molecular formula is C11H6N2O4. The van der Waals surface area contributed by atoms with Crippen molar-refractivity contribution in [1.29, 1.82) is 5.26 Å². The summed E-state index contributed by atoms with van der Waals surface area (Å²) in [5.74, 6) is 0. The van der Waals surface area contributed by atoms with Crippen LogP contribution in [0, 0.1) is 28.4 Å². The zero-order chi connectivity index (χ0) is 12.6. The molecule has 2 aromatic rings. The van der Waals surface area contributed by atoms with E-state index in [0.717, 1.165) is 6.26 Å². The number of nitriles is 1. The first-order valence-corrected chi connectivity index (χ1v) is 4.65. The molecule has 0 saturated heterocycles. The first-order chi connectivity index (χ1) is 8.04. The molecule has 0 saturated carbocycles. The lowest BCUT2D eigenvalue weighted by Crippen LogP contribution is -2.06. The number of fused-ring (bicyclic) bond motifs is 1. The normalized spacial score (nSPS) is 10.1. The van der Waals surface area contributed by atoms with Crippen LogP contribution in [0.25, 0.3) is 11.0 Å². The first-order valence-electron chi connectivity index (χ1n) is 4.65. The third kappa shape index (κ3) is 1.63. The van der Waals surface area contributed by atoms with Crippen LogP contribution >= 0.6 is 0 Å². The Hall–Kier alpha value is -2.68. The molecule has 1 aromatic carbocycles. The van der Waals surface area contributed by atoms with Crippen LogP contribution in [-0.2, 0) is 0 Å². The summed E-state index contributed by atoms with van der Waals surface area (Å²) in [6.45, 7) is 1.63. The van der Waals surface area contributed by atoms with Gasteiger partial charge in [-0.1, -0.05) is 0 Å². The summed E-state index contributed by atoms with van der Waals surface area (Å²) in [5.41, 5.74) is -0.546. The molecule has 17 heavy (non-hydrogen) atoms. The van der Waals surface area contributed by atoms with Gasteiger partial charge in [-0.15, -0.1) is 0 Å². The van der Waals surface area contributed by atoms with Crippen LogP contribution in [0.2, 0.25) is 0 Å². The summed E-state index contributed by atoms with van der Waals surface area (Å²) in [6.07, 6.45) is 0.937. The van der Waals surface area contributed by atoms with Gasteiger partial charge in [0, 0.05) is 6.07 Å². The number of rotatable bonds is 1. The molecule has 0 aliphatic heterocycles. The highest BCUT2D eigenvalue weighted by Gasteiger charge is 2.18. The molecule has 0 spiro atoms. The summed E-state index contributed by atoms with van der Waals surface area (Å²) in [4.78, 5) is 22.0. The maximum atomic E-state index is 11.8. The summed E-state index contributed by atoms with van der Waals surface area (Å²) in [6, 6.07) is 4.46. The number of hydrogen-bond acceptors (Lipinski definition) is 5. The molecule has 0 N–H and O–H groups in total. The first kappa shape index (κ1) is 10.8. The van der Waals surface area contributed by atoms with E-state index in [0.29, 0.717) is 5.56 Å². The van der Waals surface area contributed by atoms with Gasteiger partial charge in [-0.05, 0) is 18.6 Å². The summed E-state index contributed by atoms with van der Waals surface area (Å²) < 4.78 is 5.00. The van der Waals surface area contributed by atoms with Crippen molar-refractivity contribution in [3.63, 3.8) is 0 Å². The predicted molar refractivity (Wildman–Crippen MR) is 58.6 cm³/mol. The monoisotopic (exact) mass is 230 g/mol. The molecule has 0 unspecified atom stereocenters. The van der Waals surface area contributed by atoms with Crippen LogP contribution < -0.4 is 5.43 Å². The van der Waals surface area contributed by atoms with E-state index in [1.54, 1.807) is 13.0 Å². The Kier molecular flexibility index (Phi) is 2.37. The predicted octanol–water partition coefficient (Wildman–Crippen LogP) is 1.88. The maximum Gasteiger partial charge on any atom is 0.312 e. The number of nitro benzene ring substituents is 1. The minimum absolute atomic E-state index is 0.0516.